The second kappa shape index (κ2) is 7.62. The third-order valence-corrected chi connectivity index (χ3v) is 4.06. The van der Waals surface area contributed by atoms with E-state index >= 15 is 0 Å². The summed E-state index contributed by atoms with van der Waals surface area (Å²) < 4.78 is 15.8. The van der Waals surface area contributed by atoms with Gasteiger partial charge in [0.15, 0.2) is 0 Å². The minimum Gasteiger partial charge on any atom is -0.424 e. The third kappa shape index (κ3) is 3.97. The van der Waals surface area contributed by atoms with Gasteiger partial charge in [0.1, 0.15) is 17.4 Å². The topological polar surface area (TPSA) is 106 Å². The maximum atomic E-state index is 12.4. The molecule has 1 aliphatic rings. The van der Waals surface area contributed by atoms with E-state index in [1.165, 1.54) is 0 Å². The Morgan fingerprint density at radius 1 is 1.48 bits per heavy atom. The quantitative estimate of drug-likeness (QED) is 0.822. The third-order valence-electron chi connectivity index (χ3n) is 4.06. The lowest BCUT2D eigenvalue weighted by atomic mass is 10.1. The van der Waals surface area contributed by atoms with E-state index in [2.05, 4.69) is 15.5 Å². The van der Waals surface area contributed by atoms with E-state index in [0.29, 0.717) is 24.5 Å². The lowest BCUT2D eigenvalue weighted by molar-refractivity contribution is 0.0882. The Kier molecular flexibility index (Phi) is 5.30. The molecule has 1 amide bonds. The van der Waals surface area contributed by atoms with Crippen LogP contribution < -0.4 is 10.9 Å². The first kappa shape index (κ1) is 17.4. The van der Waals surface area contributed by atoms with Crippen LogP contribution in [-0.4, -0.2) is 29.8 Å². The monoisotopic (exact) mass is 347 g/mol. The highest BCUT2D eigenvalue weighted by Gasteiger charge is 2.24. The summed E-state index contributed by atoms with van der Waals surface area (Å²) in [5.74, 6) is 0.00218. The molecule has 8 nitrogen and oxygen atoms in total. The molecule has 2 N–H and O–H groups in total. The average molecular weight is 347 g/mol. The van der Waals surface area contributed by atoms with E-state index in [-0.39, 0.29) is 18.2 Å². The molecular weight excluding hydrogens is 326 g/mol. The van der Waals surface area contributed by atoms with E-state index in [0.717, 1.165) is 24.2 Å². The van der Waals surface area contributed by atoms with E-state index < -0.39 is 11.5 Å². The summed E-state index contributed by atoms with van der Waals surface area (Å²) in [6, 6.07) is 3.50. The van der Waals surface area contributed by atoms with Crippen LogP contribution in [0.5, 0.6) is 0 Å². The number of aryl methyl sites for hydroxylation is 1. The first-order chi connectivity index (χ1) is 12.1. The summed E-state index contributed by atoms with van der Waals surface area (Å²) in [5.41, 5.74) is 1.40. The second-order valence-corrected chi connectivity index (χ2v) is 6.00. The molecule has 0 saturated carbocycles. The Morgan fingerprint density at radius 3 is 3.00 bits per heavy atom. The Labute approximate surface area is 144 Å². The zero-order chi connectivity index (χ0) is 17.8. The average Bonchev–Trinajstić information content (AvgIpc) is 3.24. The van der Waals surface area contributed by atoms with Gasteiger partial charge in [-0.1, -0.05) is 0 Å². The largest absolute Gasteiger partial charge is 0.424 e. The van der Waals surface area contributed by atoms with Crippen LogP contribution in [0.15, 0.2) is 21.3 Å². The van der Waals surface area contributed by atoms with Crippen molar-refractivity contribution in [3.63, 3.8) is 0 Å². The molecule has 0 aliphatic carbocycles. The number of amides is 1. The molecule has 0 spiro atoms. The van der Waals surface area contributed by atoms with Crippen molar-refractivity contribution in [1.29, 1.82) is 0 Å². The number of aromatic amines is 1. The van der Waals surface area contributed by atoms with Gasteiger partial charge in [0.2, 0.25) is 0 Å². The predicted octanol–water partition coefficient (Wildman–Crippen LogP) is 1.60. The predicted molar refractivity (Wildman–Crippen MR) is 88.1 cm³/mol. The van der Waals surface area contributed by atoms with Gasteiger partial charge in [0.05, 0.1) is 24.5 Å². The molecule has 1 atom stereocenters. The fourth-order valence-corrected chi connectivity index (χ4v) is 2.85. The highest BCUT2D eigenvalue weighted by Crippen LogP contribution is 2.28. The summed E-state index contributed by atoms with van der Waals surface area (Å²) in [6.07, 6.45) is 1.55. The number of hydrogen-bond donors (Lipinski definition) is 2. The molecule has 8 heteroatoms. The number of aromatic nitrogens is 2. The van der Waals surface area contributed by atoms with Crippen molar-refractivity contribution in [2.75, 3.05) is 13.7 Å². The van der Waals surface area contributed by atoms with Crippen LogP contribution in [0, 0.1) is 6.92 Å². The van der Waals surface area contributed by atoms with Gasteiger partial charge in [-0.25, -0.2) is 4.79 Å². The van der Waals surface area contributed by atoms with Gasteiger partial charge in [0, 0.05) is 13.7 Å². The van der Waals surface area contributed by atoms with Crippen molar-refractivity contribution >= 4 is 5.91 Å². The molecule has 3 rings (SSSR count). The number of hydrogen-bond acceptors (Lipinski definition) is 6. The Hall–Kier alpha value is -2.45. The normalized spacial score (nSPS) is 17.0. The van der Waals surface area contributed by atoms with Crippen molar-refractivity contribution in [3.05, 3.63) is 50.8 Å². The minimum atomic E-state index is -0.646. The first-order valence-corrected chi connectivity index (χ1v) is 8.15. The van der Waals surface area contributed by atoms with Gasteiger partial charge in [-0.3, -0.25) is 9.89 Å². The molecule has 1 saturated heterocycles. The molecule has 0 bridgehead atoms. The molecule has 1 unspecified atom stereocenters. The lowest BCUT2D eigenvalue weighted by Crippen LogP contribution is -2.29. The van der Waals surface area contributed by atoms with Crippen LogP contribution in [-0.2, 0) is 22.6 Å². The van der Waals surface area contributed by atoms with Gasteiger partial charge >= 0.3 is 5.63 Å². The zero-order valence-corrected chi connectivity index (χ0v) is 14.3. The highest BCUT2D eigenvalue weighted by molar-refractivity contribution is 5.95. The maximum absolute atomic E-state index is 12.4. The van der Waals surface area contributed by atoms with E-state index in [4.69, 9.17) is 13.9 Å². The van der Waals surface area contributed by atoms with Crippen LogP contribution >= 0.6 is 0 Å². The van der Waals surface area contributed by atoms with Crippen molar-refractivity contribution in [2.24, 2.45) is 0 Å². The zero-order valence-electron chi connectivity index (χ0n) is 14.3. The SMILES string of the molecule is COCc1cc(CNC(=O)c2c(C)cc(C3CCCO3)oc2=O)[nH]n1. The molecule has 1 fully saturated rings. The molecule has 25 heavy (non-hydrogen) atoms. The molecule has 2 aromatic rings. The van der Waals surface area contributed by atoms with Crippen molar-refractivity contribution in [2.45, 2.75) is 39.0 Å². The summed E-state index contributed by atoms with van der Waals surface area (Å²) in [6.45, 7) is 2.99. The molecule has 134 valence electrons. The first-order valence-electron chi connectivity index (χ1n) is 8.15. The minimum absolute atomic E-state index is 0.0124. The number of carbonyl (C=O) groups excluding carboxylic acids is 1. The molecule has 0 aromatic carbocycles. The van der Waals surface area contributed by atoms with Crippen molar-refractivity contribution in [1.82, 2.24) is 15.5 Å². The number of nitrogens with zero attached hydrogens (tertiary/aromatic N) is 1. The van der Waals surface area contributed by atoms with Gasteiger partial charge in [-0.05, 0) is 37.5 Å². The van der Waals surface area contributed by atoms with Gasteiger partial charge < -0.3 is 19.2 Å². The fourth-order valence-electron chi connectivity index (χ4n) is 2.85. The van der Waals surface area contributed by atoms with Gasteiger partial charge in [-0.15, -0.1) is 0 Å². The van der Waals surface area contributed by atoms with Crippen LogP contribution in [0.3, 0.4) is 0 Å². The van der Waals surface area contributed by atoms with Crippen LogP contribution in [0.4, 0.5) is 0 Å². The summed E-state index contributed by atoms with van der Waals surface area (Å²) in [5, 5.41) is 9.56. The van der Waals surface area contributed by atoms with Crippen molar-refractivity contribution < 1.29 is 18.7 Å². The molecule has 3 heterocycles. The van der Waals surface area contributed by atoms with Gasteiger partial charge in [-0.2, -0.15) is 5.10 Å². The van der Waals surface area contributed by atoms with E-state index in [1.54, 1.807) is 26.2 Å². The van der Waals surface area contributed by atoms with E-state index in [9.17, 15) is 9.59 Å². The molecule has 2 aromatic heterocycles. The number of rotatable bonds is 6. The van der Waals surface area contributed by atoms with Crippen LogP contribution in [0.25, 0.3) is 0 Å². The smallest absolute Gasteiger partial charge is 0.349 e. The second-order valence-electron chi connectivity index (χ2n) is 6.00. The maximum Gasteiger partial charge on any atom is 0.349 e. The summed E-state index contributed by atoms with van der Waals surface area (Å²) >= 11 is 0. The lowest BCUT2D eigenvalue weighted by Gasteiger charge is -2.11. The van der Waals surface area contributed by atoms with Crippen LogP contribution in [0.1, 0.15) is 52.0 Å². The van der Waals surface area contributed by atoms with Gasteiger partial charge in [0.25, 0.3) is 5.91 Å². The molecule has 0 radical (unpaired) electrons. The number of H-pyrrole nitrogens is 1. The standard InChI is InChI=1S/C17H21N3O5/c1-10-6-14(13-4-3-5-24-13)25-17(22)15(10)16(21)18-8-11-7-12(9-23-2)20-19-11/h6-7,13H,3-5,8-9H2,1-2H3,(H,18,21)(H,19,20). The number of nitrogens with one attached hydrogen (secondary N) is 2. The highest BCUT2D eigenvalue weighted by atomic mass is 16.5. The molecular formula is C17H21N3O5. The molecule has 1 aliphatic heterocycles. The number of carbonyl (C=O) groups is 1. The van der Waals surface area contributed by atoms with E-state index in [1.807, 2.05) is 0 Å². The summed E-state index contributed by atoms with van der Waals surface area (Å²) in [7, 11) is 1.58. The Balaban J connectivity index is 1.69. The van der Waals surface area contributed by atoms with Crippen molar-refractivity contribution in [3.8, 4) is 0 Å². The number of methoxy groups -OCH3 is 1. The Bertz CT molecular complexity index is 805. The number of ether oxygens (including phenoxy) is 2. The fraction of sp³-hybridized carbons (Fsp3) is 0.471. The summed E-state index contributed by atoms with van der Waals surface area (Å²) in [4.78, 5) is 24.6. The Morgan fingerprint density at radius 2 is 2.32 bits per heavy atom. The van der Waals surface area contributed by atoms with Crippen LogP contribution in [0.2, 0.25) is 0 Å².